The Hall–Kier alpha value is -2.75. The molecule has 2 aromatic carbocycles. The SMILES string of the molecule is CC(CC(=O)OCC(=O)Nc1cccc(S(=O)(=O)N2CCOCC2)c1)c1ccccc1. The van der Waals surface area contributed by atoms with Gasteiger partial charge < -0.3 is 14.8 Å². The standard InChI is InChI=1S/C22H26N2O6S/c1-17(18-6-3-2-4-7-18)14-22(26)30-16-21(25)23-19-8-5-9-20(15-19)31(27,28)24-10-12-29-13-11-24/h2-9,15,17H,10-14,16H2,1H3,(H,23,25). The van der Waals surface area contributed by atoms with Crippen molar-refractivity contribution in [3.05, 3.63) is 60.2 Å². The van der Waals surface area contributed by atoms with Gasteiger partial charge in [0.1, 0.15) is 0 Å². The summed E-state index contributed by atoms with van der Waals surface area (Å²) in [6.45, 7) is 2.75. The van der Waals surface area contributed by atoms with Crippen LogP contribution in [0, 0.1) is 0 Å². The normalized spacial score (nSPS) is 15.8. The van der Waals surface area contributed by atoms with Gasteiger partial charge >= 0.3 is 5.97 Å². The second-order valence-electron chi connectivity index (χ2n) is 7.27. The van der Waals surface area contributed by atoms with E-state index in [-0.39, 0.29) is 30.3 Å². The van der Waals surface area contributed by atoms with E-state index in [1.165, 1.54) is 16.4 Å². The van der Waals surface area contributed by atoms with Crippen LogP contribution in [-0.2, 0) is 29.1 Å². The summed E-state index contributed by atoms with van der Waals surface area (Å²) in [6, 6.07) is 15.6. The third kappa shape index (κ3) is 6.36. The lowest BCUT2D eigenvalue weighted by molar-refractivity contribution is -0.147. The second-order valence-corrected chi connectivity index (χ2v) is 9.21. The van der Waals surface area contributed by atoms with E-state index in [0.29, 0.717) is 18.9 Å². The summed E-state index contributed by atoms with van der Waals surface area (Å²) in [7, 11) is -3.67. The molecule has 1 unspecified atom stereocenters. The summed E-state index contributed by atoms with van der Waals surface area (Å²) < 4.78 is 37.1. The van der Waals surface area contributed by atoms with Crippen LogP contribution in [0.1, 0.15) is 24.8 Å². The maximum absolute atomic E-state index is 12.7. The number of sulfonamides is 1. The average Bonchev–Trinajstić information content (AvgIpc) is 2.79. The number of rotatable bonds is 8. The number of amides is 1. The quantitative estimate of drug-likeness (QED) is 0.625. The maximum Gasteiger partial charge on any atom is 0.306 e. The van der Waals surface area contributed by atoms with E-state index in [0.717, 1.165) is 5.56 Å². The van der Waals surface area contributed by atoms with Gasteiger partial charge in [-0.25, -0.2) is 8.42 Å². The van der Waals surface area contributed by atoms with Gasteiger partial charge in [-0.1, -0.05) is 43.3 Å². The number of esters is 1. The lowest BCUT2D eigenvalue weighted by atomic mass is 9.98. The fourth-order valence-electron chi connectivity index (χ4n) is 3.22. The van der Waals surface area contributed by atoms with Crippen molar-refractivity contribution in [2.24, 2.45) is 0 Å². The number of hydrogen-bond donors (Lipinski definition) is 1. The fourth-order valence-corrected chi connectivity index (χ4v) is 4.68. The molecule has 8 nitrogen and oxygen atoms in total. The molecule has 166 valence electrons. The van der Waals surface area contributed by atoms with Crippen LogP contribution in [0.5, 0.6) is 0 Å². The highest BCUT2D eigenvalue weighted by Gasteiger charge is 2.26. The summed E-state index contributed by atoms with van der Waals surface area (Å²) in [5, 5.41) is 2.57. The van der Waals surface area contributed by atoms with E-state index in [1.807, 2.05) is 37.3 Å². The Morgan fingerprint density at radius 1 is 1.10 bits per heavy atom. The summed E-state index contributed by atoms with van der Waals surface area (Å²) in [6.07, 6.45) is 0.157. The van der Waals surface area contributed by atoms with Crippen LogP contribution in [0.4, 0.5) is 5.69 Å². The summed E-state index contributed by atoms with van der Waals surface area (Å²) in [5.41, 5.74) is 1.33. The van der Waals surface area contributed by atoms with Gasteiger partial charge in [-0.3, -0.25) is 9.59 Å². The van der Waals surface area contributed by atoms with Crippen molar-refractivity contribution in [2.75, 3.05) is 38.2 Å². The topological polar surface area (TPSA) is 102 Å². The largest absolute Gasteiger partial charge is 0.456 e. The van der Waals surface area contributed by atoms with Crippen LogP contribution < -0.4 is 5.32 Å². The van der Waals surface area contributed by atoms with Crippen LogP contribution in [0.3, 0.4) is 0 Å². The maximum atomic E-state index is 12.7. The predicted molar refractivity (Wildman–Crippen MR) is 115 cm³/mol. The van der Waals surface area contributed by atoms with Crippen LogP contribution in [0.2, 0.25) is 0 Å². The Labute approximate surface area is 182 Å². The van der Waals surface area contributed by atoms with Crippen molar-refractivity contribution in [1.29, 1.82) is 0 Å². The molecule has 9 heteroatoms. The van der Waals surface area contributed by atoms with Crippen molar-refractivity contribution in [1.82, 2.24) is 4.31 Å². The van der Waals surface area contributed by atoms with Gasteiger partial charge in [0.25, 0.3) is 5.91 Å². The van der Waals surface area contributed by atoms with Gasteiger partial charge in [-0.2, -0.15) is 4.31 Å². The molecule has 1 heterocycles. The predicted octanol–water partition coefficient (Wildman–Crippen LogP) is 2.38. The lowest BCUT2D eigenvalue weighted by Gasteiger charge is -2.26. The highest BCUT2D eigenvalue weighted by atomic mass is 32.2. The molecule has 2 aromatic rings. The molecule has 1 fully saturated rings. The van der Waals surface area contributed by atoms with Crippen LogP contribution in [0.15, 0.2) is 59.5 Å². The number of nitrogens with one attached hydrogen (secondary N) is 1. The van der Waals surface area contributed by atoms with Crippen molar-refractivity contribution in [3.63, 3.8) is 0 Å². The Morgan fingerprint density at radius 3 is 2.52 bits per heavy atom. The number of benzene rings is 2. The van der Waals surface area contributed by atoms with Crippen LogP contribution in [-0.4, -0.2) is 57.5 Å². The molecule has 0 spiro atoms. The first-order valence-corrected chi connectivity index (χ1v) is 11.5. The highest BCUT2D eigenvalue weighted by Crippen LogP contribution is 2.21. The number of morpholine rings is 1. The van der Waals surface area contributed by atoms with Crippen molar-refractivity contribution >= 4 is 27.6 Å². The van der Waals surface area contributed by atoms with Gasteiger partial charge in [0.15, 0.2) is 6.61 Å². The van der Waals surface area contributed by atoms with Gasteiger partial charge in [0, 0.05) is 18.8 Å². The molecular weight excluding hydrogens is 420 g/mol. The lowest BCUT2D eigenvalue weighted by Crippen LogP contribution is -2.40. The minimum atomic E-state index is -3.67. The van der Waals surface area contributed by atoms with E-state index >= 15 is 0 Å². The van der Waals surface area contributed by atoms with Crippen LogP contribution in [0.25, 0.3) is 0 Å². The molecule has 0 bridgehead atoms. The van der Waals surface area contributed by atoms with Crippen molar-refractivity contribution < 1.29 is 27.5 Å². The molecule has 3 rings (SSSR count). The molecule has 1 aliphatic rings. The van der Waals surface area contributed by atoms with E-state index in [4.69, 9.17) is 9.47 Å². The van der Waals surface area contributed by atoms with Gasteiger partial charge in [0.05, 0.1) is 24.5 Å². The Balaban J connectivity index is 1.52. The average molecular weight is 447 g/mol. The fraction of sp³-hybridized carbons (Fsp3) is 0.364. The summed E-state index contributed by atoms with van der Waals surface area (Å²) >= 11 is 0. The van der Waals surface area contributed by atoms with Gasteiger partial charge in [0.2, 0.25) is 10.0 Å². The molecule has 31 heavy (non-hydrogen) atoms. The minimum Gasteiger partial charge on any atom is -0.456 e. The zero-order valence-electron chi connectivity index (χ0n) is 17.3. The minimum absolute atomic E-state index is 0.0289. The van der Waals surface area contributed by atoms with Crippen LogP contribution >= 0.6 is 0 Å². The Morgan fingerprint density at radius 2 is 1.81 bits per heavy atom. The molecule has 0 saturated carbocycles. The zero-order valence-corrected chi connectivity index (χ0v) is 18.1. The molecule has 1 aliphatic heterocycles. The van der Waals surface area contributed by atoms with Gasteiger partial charge in [-0.15, -0.1) is 0 Å². The number of hydrogen-bond acceptors (Lipinski definition) is 6. The first-order chi connectivity index (χ1) is 14.9. The highest BCUT2D eigenvalue weighted by molar-refractivity contribution is 7.89. The number of carbonyl (C=O) groups excluding carboxylic acids is 2. The Kier molecular flexibility index (Phi) is 7.78. The van der Waals surface area contributed by atoms with Crippen molar-refractivity contribution in [3.8, 4) is 0 Å². The molecule has 1 atom stereocenters. The third-order valence-corrected chi connectivity index (χ3v) is 6.83. The molecule has 0 aliphatic carbocycles. The number of carbonyl (C=O) groups is 2. The zero-order chi connectivity index (χ0) is 22.3. The van der Waals surface area contributed by atoms with Gasteiger partial charge in [-0.05, 0) is 29.7 Å². The van der Waals surface area contributed by atoms with E-state index in [1.54, 1.807) is 12.1 Å². The van der Waals surface area contributed by atoms with E-state index in [9.17, 15) is 18.0 Å². The van der Waals surface area contributed by atoms with E-state index < -0.39 is 28.5 Å². The van der Waals surface area contributed by atoms with E-state index in [2.05, 4.69) is 5.32 Å². The molecule has 0 aromatic heterocycles. The molecule has 1 amide bonds. The number of ether oxygens (including phenoxy) is 2. The molecule has 1 N–H and O–H groups in total. The third-order valence-electron chi connectivity index (χ3n) is 4.93. The first kappa shape index (κ1) is 22.9. The monoisotopic (exact) mass is 446 g/mol. The van der Waals surface area contributed by atoms with Crippen molar-refractivity contribution in [2.45, 2.75) is 24.2 Å². The second kappa shape index (κ2) is 10.5. The summed E-state index contributed by atoms with van der Waals surface area (Å²) in [4.78, 5) is 24.3. The number of anilines is 1. The molecule has 0 radical (unpaired) electrons. The first-order valence-electron chi connectivity index (χ1n) is 10.0. The number of nitrogens with zero attached hydrogens (tertiary/aromatic N) is 1. The Bertz CT molecular complexity index is 1000. The molecule has 1 saturated heterocycles. The summed E-state index contributed by atoms with van der Waals surface area (Å²) in [5.74, 6) is -1.05. The smallest absolute Gasteiger partial charge is 0.306 e. The molecular formula is C22H26N2O6S.